The number of hydrogen-bond donors (Lipinski definition) is 2. The standard InChI is InChI=1S/C11H15N5/c1-9-6-11(7-12)16(15-9)14-8-10-4-2-3-5-13-10/h2-6,14H,7-8,12H2,1H3. The van der Waals surface area contributed by atoms with E-state index < -0.39 is 0 Å². The van der Waals surface area contributed by atoms with E-state index in [9.17, 15) is 0 Å². The molecular formula is C11H15N5. The molecule has 5 nitrogen and oxygen atoms in total. The predicted octanol–water partition coefficient (Wildman–Crippen LogP) is 0.789. The summed E-state index contributed by atoms with van der Waals surface area (Å²) in [6, 6.07) is 7.78. The molecule has 2 aromatic rings. The van der Waals surface area contributed by atoms with Crippen LogP contribution >= 0.6 is 0 Å². The summed E-state index contributed by atoms with van der Waals surface area (Å²) in [5.74, 6) is 0. The van der Waals surface area contributed by atoms with Crippen molar-refractivity contribution in [3.63, 3.8) is 0 Å². The van der Waals surface area contributed by atoms with E-state index in [0.29, 0.717) is 13.1 Å². The third kappa shape index (κ3) is 2.38. The zero-order valence-electron chi connectivity index (χ0n) is 9.22. The second kappa shape index (κ2) is 4.76. The second-order valence-corrected chi connectivity index (χ2v) is 3.55. The van der Waals surface area contributed by atoms with Crippen LogP contribution in [-0.4, -0.2) is 14.9 Å². The van der Waals surface area contributed by atoms with Crippen LogP contribution in [0, 0.1) is 6.92 Å². The largest absolute Gasteiger partial charge is 0.325 e. The Kier molecular flexibility index (Phi) is 3.16. The second-order valence-electron chi connectivity index (χ2n) is 3.55. The van der Waals surface area contributed by atoms with Crippen LogP contribution in [0.2, 0.25) is 0 Å². The van der Waals surface area contributed by atoms with Gasteiger partial charge in [0.1, 0.15) is 0 Å². The minimum absolute atomic E-state index is 0.468. The van der Waals surface area contributed by atoms with Crippen molar-refractivity contribution in [1.29, 1.82) is 0 Å². The van der Waals surface area contributed by atoms with Crippen molar-refractivity contribution < 1.29 is 0 Å². The molecule has 0 aliphatic heterocycles. The molecule has 0 spiro atoms. The van der Waals surface area contributed by atoms with Crippen molar-refractivity contribution in [3.05, 3.63) is 47.5 Å². The first-order chi connectivity index (χ1) is 7.79. The van der Waals surface area contributed by atoms with Gasteiger partial charge in [-0.05, 0) is 25.1 Å². The summed E-state index contributed by atoms with van der Waals surface area (Å²) in [5.41, 5.74) is 11.7. The summed E-state index contributed by atoms with van der Waals surface area (Å²) in [6.07, 6.45) is 1.77. The average Bonchev–Trinajstić information content (AvgIpc) is 2.68. The number of rotatable bonds is 4. The average molecular weight is 217 g/mol. The first kappa shape index (κ1) is 10.6. The minimum Gasteiger partial charge on any atom is -0.325 e. The Morgan fingerprint density at radius 3 is 3.00 bits per heavy atom. The molecule has 0 aliphatic rings. The molecule has 0 bridgehead atoms. The fraction of sp³-hybridized carbons (Fsp3) is 0.273. The monoisotopic (exact) mass is 217 g/mol. The summed E-state index contributed by atoms with van der Waals surface area (Å²) in [6.45, 7) is 3.04. The van der Waals surface area contributed by atoms with Gasteiger partial charge in [0, 0.05) is 12.7 Å². The van der Waals surface area contributed by atoms with Crippen LogP contribution in [0.3, 0.4) is 0 Å². The fourth-order valence-electron chi connectivity index (χ4n) is 1.49. The van der Waals surface area contributed by atoms with Gasteiger partial charge >= 0.3 is 0 Å². The molecule has 0 saturated carbocycles. The topological polar surface area (TPSA) is 68.8 Å². The van der Waals surface area contributed by atoms with E-state index in [1.165, 1.54) is 0 Å². The van der Waals surface area contributed by atoms with E-state index >= 15 is 0 Å². The molecule has 0 radical (unpaired) electrons. The molecule has 0 aromatic carbocycles. The van der Waals surface area contributed by atoms with Crippen LogP contribution in [-0.2, 0) is 13.1 Å². The molecule has 2 aromatic heterocycles. The molecule has 0 atom stereocenters. The van der Waals surface area contributed by atoms with Gasteiger partial charge in [-0.2, -0.15) is 9.89 Å². The molecule has 0 aliphatic carbocycles. The first-order valence-electron chi connectivity index (χ1n) is 5.19. The van der Waals surface area contributed by atoms with Crippen molar-refractivity contribution in [2.75, 3.05) is 5.43 Å². The van der Waals surface area contributed by atoms with E-state index in [2.05, 4.69) is 15.5 Å². The Labute approximate surface area is 94.3 Å². The number of nitrogens with zero attached hydrogens (tertiary/aromatic N) is 3. The molecule has 2 heterocycles. The predicted molar refractivity (Wildman–Crippen MR) is 62.2 cm³/mol. The molecule has 16 heavy (non-hydrogen) atoms. The third-order valence-corrected chi connectivity index (χ3v) is 2.25. The number of nitrogens with one attached hydrogen (secondary N) is 1. The highest BCUT2D eigenvalue weighted by molar-refractivity contribution is 5.11. The Bertz CT molecular complexity index is 449. The zero-order valence-corrected chi connectivity index (χ0v) is 9.22. The Balaban J connectivity index is 2.04. The summed E-state index contributed by atoms with van der Waals surface area (Å²) in [7, 11) is 0. The van der Waals surface area contributed by atoms with Crippen molar-refractivity contribution in [2.45, 2.75) is 20.0 Å². The first-order valence-corrected chi connectivity index (χ1v) is 5.19. The van der Waals surface area contributed by atoms with Gasteiger partial charge in [0.15, 0.2) is 0 Å². The lowest BCUT2D eigenvalue weighted by Crippen LogP contribution is -2.20. The Morgan fingerprint density at radius 1 is 1.44 bits per heavy atom. The highest BCUT2D eigenvalue weighted by atomic mass is 15.6. The summed E-state index contributed by atoms with van der Waals surface area (Å²) < 4.78 is 0. The van der Waals surface area contributed by atoms with Crippen LogP contribution in [0.5, 0.6) is 0 Å². The van der Waals surface area contributed by atoms with E-state index in [1.54, 1.807) is 11.0 Å². The van der Waals surface area contributed by atoms with Crippen LogP contribution in [0.4, 0.5) is 0 Å². The maximum atomic E-state index is 5.62. The lowest BCUT2D eigenvalue weighted by Gasteiger charge is -2.08. The van der Waals surface area contributed by atoms with Gasteiger partial charge in [-0.1, -0.05) is 6.07 Å². The van der Waals surface area contributed by atoms with E-state index in [-0.39, 0.29) is 0 Å². The van der Waals surface area contributed by atoms with Gasteiger partial charge in [-0.15, -0.1) is 0 Å². The van der Waals surface area contributed by atoms with Crippen LogP contribution < -0.4 is 11.2 Å². The molecular weight excluding hydrogens is 202 g/mol. The molecule has 0 unspecified atom stereocenters. The molecule has 5 heteroatoms. The lowest BCUT2D eigenvalue weighted by molar-refractivity contribution is 0.677. The number of hydrogen-bond acceptors (Lipinski definition) is 4. The molecule has 84 valence electrons. The number of pyridine rings is 1. The van der Waals surface area contributed by atoms with Gasteiger partial charge in [0.2, 0.25) is 0 Å². The van der Waals surface area contributed by atoms with Crippen LogP contribution in [0.15, 0.2) is 30.5 Å². The maximum absolute atomic E-state index is 5.62. The molecule has 2 rings (SSSR count). The smallest absolute Gasteiger partial charge is 0.0758 e. The summed E-state index contributed by atoms with van der Waals surface area (Å²) in [5, 5.41) is 4.29. The van der Waals surface area contributed by atoms with E-state index in [0.717, 1.165) is 17.1 Å². The van der Waals surface area contributed by atoms with Gasteiger partial charge in [-0.25, -0.2) is 0 Å². The van der Waals surface area contributed by atoms with Gasteiger partial charge in [-0.3, -0.25) is 4.98 Å². The number of nitrogens with two attached hydrogens (primary N) is 1. The van der Waals surface area contributed by atoms with Crippen LogP contribution in [0.25, 0.3) is 0 Å². The van der Waals surface area contributed by atoms with Gasteiger partial charge in [0.25, 0.3) is 0 Å². The van der Waals surface area contributed by atoms with Crippen molar-refractivity contribution >= 4 is 0 Å². The quantitative estimate of drug-likeness (QED) is 0.794. The van der Waals surface area contributed by atoms with Gasteiger partial charge in [0.05, 0.1) is 23.6 Å². The summed E-state index contributed by atoms with van der Waals surface area (Å²) in [4.78, 5) is 5.93. The Hall–Kier alpha value is -1.88. The van der Waals surface area contributed by atoms with Crippen molar-refractivity contribution in [1.82, 2.24) is 14.9 Å². The van der Waals surface area contributed by atoms with Crippen molar-refractivity contribution in [2.24, 2.45) is 5.73 Å². The molecule has 0 amide bonds. The third-order valence-electron chi connectivity index (χ3n) is 2.25. The molecule has 3 N–H and O–H groups in total. The maximum Gasteiger partial charge on any atom is 0.0758 e. The number of aryl methyl sites for hydroxylation is 1. The zero-order chi connectivity index (χ0) is 11.4. The summed E-state index contributed by atoms with van der Waals surface area (Å²) >= 11 is 0. The van der Waals surface area contributed by atoms with Gasteiger partial charge < -0.3 is 11.2 Å². The molecule has 0 saturated heterocycles. The molecule has 0 fully saturated rings. The SMILES string of the molecule is Cc1cc(CN)n(NCc2ccccn2)n1. The number of aromatic nitrogens is 3. The highest BCUT2D eigenvalue weighted by Gasteiger charge is 2.02. The Morgan fingerprint density at radius 2 is 2.31 bits per heavy atom. The van der Waals surface area contributed by atoms with E-state index in [4.69, 9.17) is 5.73 Å². The highest BCUT2D eigenvalue weighted by Crippen LogP contribution is 2.01. The lowest BCUT2D eigenvalue weighted by atomic mass is 10.3. The van der Waals surface area contributed by atoms with Crippen LogP contribution in [0.1, 0.15) is 17.1 Å². The van der Waals surface area contributed by atoms with E-state index in [1.807, 2.05) is 31.2 Å². The van der Waals surface area contributed by atoms with Crippen molar-refractivity contribution in [3.8, 4) is 0 Å². The normalized spacial score (nSPS) is 10.4. The minimum atomic E-state index is 0.468. The fourth-order valence-corrected chi connectivity index (χ4v) is 1.49.